The van der Waals surface area contributed by atoms with Gasteiger partial charge in [0.15, 0.2) is 0 Å². The molecule has 0 aliphatic heterocycles. The molecule has 1 heterocycles. The summed E-state index contributed by atoms with van der Waals surface area (Å²) in [6.07, 6.45) is 1.90. The Bertz CT molecular complexity index is 569. The molecule has 2 rings (SSSR count). The van der Waals surface area contributed by atoms with Crippen molar-refractivity contribution in [1.29, 1.82) is 0 Å². The molecule has 0 amide bonds. The van der Waals surface area contributed by atoms with Crippen molar-refractivity contribution in [1.82, 2.24) is 10.3 Å². The standard InChI is InChI=1S/C15H18Cl2N2S/c1-3-7-18-14(8-11-9-20-10(2)19-11)12-5-4-6-13(16)15(12)17/h4-6,9,14,18H,3,7-8H2,1-2H3. The Morgan fingerprint density at radius 2 is 2.15 bits per heavy atom. The van der Waals surface area contributed by atoms with Crippen LogP contribution in [-0.4, -0.2) is 11.5 Å². The van der Waals surface area contributed by atoms with Gasteiger partial charge in [0, 0.05) is 17.8 Å². The highest BCUT2D eigenvalue weighted by Gasteiger charge is 2.17. The number of hydrogen-bond acceptors (Lipinski definition) is 3. The van der Waals surface area contributed by atoms with Crippen LogP contribution in [0.25, 0.3) is 0 Å². The first-order valence-electron chi connectivity index (χ1n) is 6.70. The van der Waals surface area contributed by atoms with Gasteiger partial charge in [0.25, 0.3) is 0 Å². The predicted molar refractivity (Wildman–Crippen MR) is 88.1 cm³/mol. The van der Waals surface area contributed by atoms with E-state index in [2.05, 4.69) is 22.6 Å². The van der Waals surface area contributed by atoms with E-state index in [0.717, 1.165) is 35.7 Å². The third kappa shape index (κ3) is 3.95. The van der Waals surface area contributed by atoms with E-state index in [1.807, 2.05) is 25.1 Å². The Morgan fingerprint density at radius 1 is 1.35 bits per heavy atom. The van der Waals surface area contributed by atoms with Crippen LogP contribution >= 0.6 is 34.5 Å². The van der Waals surface area contributed by atoms with Crippen molar-refractivity contribution in [3.63, 3.8) is 0 Å². The second-order valence-electron chi connectivity index (χ2n) is 4.71. The molecule has 0 aliphatic rings. The third-order valence-electron chi connectivity index (χ3n) is 3.08. The van der Waals surface area contributed by atoms with Gasteiger partial charge in [-0.25, -0.2) is 4.98 Å². The first-order chi connectivity index (χ1) is 9.61. The first-order valence-corrected chi connectivity index (χ1v) is 8.33. The Labute approximate surface area is 134 Å². The number of benzene rings is 1. The zero-order chi connectivity index (χ0) is 14.5. The van der Waals surface area contributed by atoms with E-state index in [0.29, 0.717) is 10.0 Å². The Kier molecular flexibility index (Phi) is 5.85. The number of nitrogens with one attached hydrogen (secondary N) is 1. The maximum absolute atomic E-state index is 6.35. The number of thiazole rings is 1. The summed E-state index contributed by atoms with van der Waals surface area (Å²) < 4.78 is 0. The summed E-state index contributed by atoms with van der Waals surface area (Å²) in [6.45, 7) is 5.11. The van der Waals surface area contributed by atoms with Crippen molar-refractivity contribution in [2.45, 2.75) is 32.7 Å². The number of hydrogen-bond donors (Lipinski definition) is 1. The molecule has 0 fully saturated rings. The lowest BCUT2D eigenvalue weighted by atomic mass is 10.0. The number of rotatable bonds is 6. The Balaban J connectivity index is 2.24. The van der Waals surface area contributed by atoms with Crippen LogP contribution in [0.2, 0.25) is 10.0 Å². The summed E-state index contributed by atoms with van der Waals surface area (Å²) in [5.74, 6) is 0. The summed E-state index contributed by atoms with van der Waals surface area (Å²) in [5.41, 5.74) is 2.13. The minimum atomic E-state index is 0.141. The van der Waals surface area contributed by atoms with E-state index in [4.69, 9.17) is 23.2 Å². The van der Waals surface area contributed by atoms with Gasteiger partial charge in [-0.2, -0.15) is 0 Å². The molecule has 5 heteroatoms. The normalized spacial score (nSPS) is 12.6. The van der Waals surface area contributed by atoms with E-state index in [1.54, 1.807) is 11.3 Å². The fourth-order valence-corrected chi connectivity index (χ4v) is 3.18. The number of aryl methyl sites for hydroxylation is 1. The van der Waals surface area contributed by atoms with Gasteiger partial charge in [0.05, 0.1) is 20.7 Å². The fraction of sp³-hybridized carbons (Fsp3) is 0.400. The topological polar surface area (TPSA) is 24.9 Å². The van der Waals surface area contributed by atoms with Crippen molar-refractivity contribution in [2.24, 2.45) is 0 Å². The van der Waals surface area contributed by atoms with Crippen molar-refractivity contribution in [3.8, 4) is 0 Å². The molecular formula is C15H18Cl2N2S. The van der Waals surface area contributed by atoms with Gasteiger partial charge < -0.3 is 5.32 Å². The Morgan fingerprint density at radius 3 is 2.80 bits per heavy atom. The zero-order valence-corrected chi connectivity index (χ0v) is 13.9. The van der Waals surface area contributed by atoms with Gasteiger partial charge in [0.1, 0.15) is 0 Å². The molecule has 1 N–H and O–H groups in total. The molecule has 0 bridgehead atoms. The van der Waals surface area contributed by atoms with Gasteiger partial charge in [-0.3, -0.25) is 0 Å². The lowest BCUT2D eigenvalue weighted by Gasteiger charge is -2.20. The molecule has 2 aromatic rings. The first kappa shape index (κ1) is 15.8. The average molecular weight is 329 g/mol. The molecule has 20 heavy (non-hydrogen) atoms. The van der Waals surface area contributed by atoms with Crippen molar-refractivity contribution in [2.75, 3.05) is 6.54 Å². The Hall–Kier alpha value is -0.610. The molecule has 0 spiro atoms. The molecule has 1 aromatic carbocycles. The van der Waals surface area contributed by atoms with Crippen LogP contribution in [-0.2, 0) is 6.42 Å². The molecule has 0 saturated heterocycles. The lowest BCUT2D eigenvalue weighted by Crippen LogP contribution is -2.24. The van der Waals surface area contributed by atoms with Gasteiger partial charge in [-0.15, -0.1) is 11.3 Å². The lowest BCUT2D eigenvalue weighted by molar-refractivity contribution is 0.525. The van der Waals surface area contributed by atoms with Crippen LogP contribution in [0.15, 0.2) is 23.6 Å². The highest BCUT2D eigenvalue weighted by molar-refractivity contribution is 7.09. The summed E-state index contributed by atoms with van der Waals surface area (Å²) in [4.78, 5) is 4.54. The second-order valence-corrected chi connectivity index (χ2v) is 6.56. The van der Waals surface area contributed by atoms with Crippen LogP contribution in [0.3, 0.4) is 0 Å². The smallest absolute Gasteiger partial charge is 0.0897 e. The quantitative estimate of drug-likeness (QED) is 0.803. The minimum Gasteiger partial charge on any atom is -0.310 e. The van der Waals surface area contributed by atoms with Gasteiger partial charge in [0.2, 0.25) is 0 Å². The third-order valence-corrected chi connectivity index (χ3v) is 4.73. The molecule has 0 saturated carbocycles. The largest absolute Gasteiger partial charge is 0.310 e. The van der Waals surface area contributed by atoms with E-state index in [1.165, 1.54) is 0 Å². The minimum absolute atomic E-state index is 0.141. The van der Waals surface area contributed by atoms with E-state index < -0.39 is 0 Å². The van der Waals surface area contributed by atoms with E-state index in [-0.39, 0.29) is 6.04 Å². The number of nitrogens with zero attached hydrogens (tertiary/aromatic N) is 1. The maximum atomic E-state index is 6.35. The predicted octanol–water partition coefficient (Wildman–Crippen LogP) is 5.04. The van der Waals surface area contributed by atoms with E-state index >= 15 is 0 Å². The van der Waals surface area contributed by atoms with Crippen LogP contribution < -0.4 is 5.32 Å². The van der Waals surface area contributed by atoms with Crippen molar-refractivity contribution in [3.05, 3.63) is 49.9 Å². The summed E-state index contributed by atoms with van der Waals surface area (Å²) in [7, 11) is 0. The van der Waals surface area contributed by atoms with Crippen molar-refractivity contribution >= 4 is 34.5 Å². The molecule has 1 unspecified atom stereocenters. The van der Waals surface area contributed by atoms with Crippen LogP contribution in [0.5, 0.6) is 0 Å². The van der Waals surface area contributed by atoms with Crippen molar-refractivity contribution < 1.29 is 0 Å². The van der Waals surface area contributed by atoms with Gasteiger partial charge in [-0.05, 0) is 31.5 Å². The molecule has 2 nitrogen and oxygen atoms in total. The zero-order valence-electron chi connectivity index (χ0n) is 11.6. The molecule has 0 aliphatic carbocycles. The van der Waals surface area contributed by atoms with Crippen LogP contribution in [0.4, 0.5) is 0 Å². The van der Waals surface area contributed by atoms with Crippen LogP contribution in [0, 0.1) is 6.92 Å². The maximum Gasteiger partial charge on any atom is 0.0897 e. The molecule has 1 aromatic heterocycles. The highest BCUT2D eigenvalue weighted by Crippen LogP contribution is 2.31. The SMILES string of the molecule is CCCNC(Cc1csc(C)n1)c1cccc(Cl)c1Cl. The molecule has 108 valence electrons. The average Bonchev–Trinajstić information content (AvgIpc) is 2.83. The molecule has 1 atom stereocenters. The highest BCUT2D eigenvalue weighted by atomic mass is 35.5. The number of halogens is 2. The summed E-state index contributed by atoms with van der Waals surface area (Å²) in [5, 5.41) is 7.96. The fourth-order valence-electron chi connectivity index (χ4n) is 2.11. The summed E-state index contributed by atoms with van der Waals surface area (Å²) >= 11 is 14.1. The number of aromatic nitrogens is 1. The molecule has 0 radical (unpaired) electrons. The van der Waals surface area contributed by atoms with Gasteiger partial charge >= 0.3 is 0 Å². The monoisotopic (exact) mass is 328 g/mol. The van der Waals surface area contributed by atoms with E-state index in [9.17, 15) is 0 Å². The second kappa shape index (κ2) is 7.41. The van der Waals surface area contributed by atoms with Gasteiger partial charge in [-0.1, -0.05) is 42.3 Å². The molecular weight excluding hydrogens is 311 g/mol. The van der Waals surface area contributed by atoms with Crippen LogP contribution in [0.1, 0.15) is 35.7 Å². The summed E-state index contributed by atoms with van der Waals surface area (Å²) in [6, 6.07) is 5.93.